The molecule has 0 spiro atoms. The number of hydrogen-bond acceptors (Lipinski definition) is 8. The van der Waals surface area contributed by atoms with Gasteiger partial charge in [0, 0.05) is 25.5 Å². The summed E-state index contributed by atoms with van der Waals surface area (Å²) in [6.45, 7) is 0.685. The number of hydroxylamine groups is 1. The minimum Gasteiger partial charge on any atom is -0.490 e. The molecule has 2 unspecified atom stereocenters. The molecule has 170 valence electrons. The molecule has 1 aromatic carbocycles. The maximum absolute atomic E-state index is 13.4. The highest BCUT2D eigenvalue weighted by molar-refractivity contribution is 7.90. The van der Waals surface area contributed by atoms with Gasteiger partial charge in [-0.15, -0.1) is 0 Å². The largest absolute Gasteiger partial charge is 0.490 e. The number of hydrogen-bond donors (Lipinski definition) is 2. The molecule has 2 aromatic rings. The van der Waals surface area contributed by atoms with Gasteiger partial charge in [0.2, 0.25) is 10.0 Å². The quantitative estimate of drug-likeness (QED) is 0.467. The van der Waals surface area contributed by atoms with Crippen molar-refractivity contribution >= 4 is 22.1 Å². The van der Waals surface area contributed by atoms with Crippen LogP contribution in [0.2, 0.25) is 0 Å². The predicted octanol–water partition coefficient (Wildman–Crippen LogP) is 0.999. The van der Waals surface area contributed by atoms with Crippen LogP contribution < -0.4 is 10.2 Å². The van der Waals surface area contributed by atoms with Crippen LogP contribution in [0, 0.1) is 0 Å². The summed E-state index contributed by atoms with van der Waals surface area (Å²) in [5.74, 6) is -0.0871. The van der Waals surface area contributed by atoms with E-state index >= 15 is 0 Å². The van der Waals surface area contributed by atoms with Gasteiger partial charge in [-0.2, -0.15) is 5.10 Å². The number of nitrogens with one attached hydrogen (secondary N) is 1. The molecular weight excluding hydrogens is 434 g/mol. The fourth-order valence-corrected chi connectivity index (χ4v) is 5.79. The fourth-order valence-electron chi connectivity index (χ4n) is 3.93. The molecule has 32 heavy (non-hydrogen) atoms. The zero-order valence-corrected chi connectivity index (χ0v) is 18.1. The summed E-state index contributed by atoms with van der Waals surface area (Å²) < 4.78 is 34.1. The Hall–Kier alpha value is -3.02. The first-order valence-corrected chi connectivity index (χ1v) is 11.8. The standard InChI is InChI=1S/C21H25N5O5S/c27-21(24-28)20-19(14-23-26(20)15-16-6-4-5-11-22-16)32(29,30)25-12-9-18(10-13-25)31-17-7-2-1-3-8-17/h1-8,11,14,18-20,28H,9-10,12-13,15H2,(H,24,27). The molecule has 2 aliphatic heterocycles. The number of para-hydroxylation sites is 1. The van der Waals surface area contributed by atoms with Crippen LogP contribution in [0.1, 0.15) is 18.5 Å². The van der Waals surface area contributed by atoms with Crippen LogP contribution in [0.15, 0.2) is 59.8 Å². The van der Waals surface area contributed by atoms with Crippen LogP contribution in [0.3, 0.4) is 0 Å². The van der Waals surface area contributed by atoms with E-state index in [1.54, 1.807) is 29.9 Å². The Bertz CT molecular complexity index is 1040. The molecule has 2 aliphatic rings. The molecule has 0 radical (unpaired) electrons. The molecule has 11 heteroatoms. The average Bonchev–Trinajstić information content (AvgIpc) is 3.24. The van der Waals surface area contributed by atoms with Crippen molar-refractivity contribution in [2.24, 2.45) is 5.10 Å². The maximum Gasteiger partial charge on any atom is 0.269 e. The van der Waals surface area contributed by atoms with Gasteiger partial charge in [-0.1, -0.05) is 24.3 Å². The minimum atomic E-state index is -3.89. The third-order valence-corrected chi connectivity index (χ3v) is 7.73. The van der Waals surface area contributed by atoms with E-state index in [1.807, 2.05) is 30.3 Å². The van der Waals surface area contributed by atoms with Crippen LogP contribution in [0.25, 0.3) is 0 Å². The molecule has 0 saturated carbocycles. The Kier molecular flexibility index (Phi) is 6.68. The number of piperidine rings is 1. The van der Waals surface area contributed by atoms with Crippen molar-refractivity contribution in [3.05, 3.63) is 60.4 Å². The summed E-state index contributed by atoms with van der Waals surface area (Å²) in [6, 6.07) is 13.5. The van der Waals surface area contributed by atoms with Crippen LogP contribution in [-0.4, -0.2) is 70.5 Å². The second kappa shape index (κ2) is 9.63. The predicted molar refractivity (Wildman–Crippen MR) is 116 cm³/mol. The first kappa shape index (κ1) is 22.2. The van der Waals surface area contributed by atoms with Crippen LogP contribution >= 0.6 is 0 Å². The number of amides is 1. The van der Waals surface area contributed by atoms with Gasteiger partial charge in [0.1, 0.15) is 17.1 Å². The first-order chi connectivity index (χ1) is 15.5. The molecule has 3 heterocycles. The Morgan fingerprint density at radius 2 is 1.84 bits per heavy atom. The van der Waals surface area contributed by atoms with Gasteiger partial charge in [0.05, 0.1) is 12.2 Å². The molecule has 1 saturated heterocycles. The lowest BCUT2D eigenvalue weighted by Crippen LogP contribution is -2.54. The molecule has 0 bridgehead atoms. The van der Waals surface area contributed by atoms with Gasteiger partial charge in [0.15, 0.2) is 6.04 Å². The molecule has 1 aromatic heterocycles. The van der Waals surface area contributed by atoms with E-state index in [0.29, 0.717) is 18.5 Å². The smallest absolute Gasteiger partial charge is 0.269 e. The number of carbonyl (C=O) groups is 1. The van der Waals surface area contributed by atoms with Crippen molar-refractivity contribution in [1.82, 2.24) is 19.8 Å². The molecule has 1 fully saturated rings. The summed E-state index contributed by atoms with van der Waals surface area (Å²) in [5.41, 5.74) is 2.20. The van der Waals surface area contributed by atoms with Gasteiger partial charge < -0.3 is 4.74 Å². The Morgan fingerprint density at radius 3 is 2.50 bits per heavy atom. The SMILES string of the molecule is O=C(NO)C1C(S(=O)(=O)N2CCC(Oc3ccccc3)CC2)C=NN1Cc1ccccn1. The lowest BCUT2D eigenvalue weighted by molar-refractivity contribution is -0.134. The first-order valence-electron chi connectivity index (χ1n) is 10.3. The lowest BCUT2D eigenvalue weighted by atomic mass is 10.1. The topological polar surface area (TPSA) is 124 Å². The number of carbonyl (C=O) groups excluding carboxylic acids is 1. The highest BCUT2D eigenvalue weighted by Crippen LogP contribution is 2.27. The average molecular weight is 460 g/mol. The van der Waals surface area contributed by atoms with Crippen LogP contribution in [-0.2, 0) is 21.4 Å². The number of nitrogens with zero attached hydrogens (tertiary/aromatic N) is 4. The van der Waals surface area contributed by atoms with E-state index in [1.165, 1.54) is 15.5 Å². The molecule has 1 amide bonds. The summed E-state index contributed by atoms with van der Waals surface area (Å²) in [7, 11) is -3.89. The molecule has 10 nitrogen and oxygen atoms in total. The molecule has 2 N–H and O–H groups in total. The number of aromatic nitrogens is 1. The summed E-state index contributed by atoms with van der Waals surface area (Å²) in [4.78, 5) is 16.6. The third kappa shape index (κ3) is 4.74. The van der Waals surface area contributed by atoms with E-state index < -0.39 is 27.2 Å². The van der Waals surface area contributed by atoms with Gasteiger partial charge in [0.25, 0.3) is 5.91 Å². The Balaban J connectivity index is 1.44. The van der Waals surface area contributed by atoms with E-state index in [2.05, 4.69) is 10.1 Å². The molecular formula is C21H25N5O5S. The van der Waals surface area contributed by atoms with Gasteiger partial charge in [-0.25, -0.2) is 18.2 Å². The Labute approximate surface area is 186 Å². The van der Waals surface area contributed by atoms with Crippen molar-refractivity contribution < 1.29 is 23.2 Å². The number of pyridine rings is 1. The highest BCUT2D eigenvalue weighted by atomic mass is 32.2. The second-order valence-electron chi connectivity index (χ2n) is 7.64. The lowest BCUT2D eigenvalue weighted by Gasteiger charge is -2.34. The molecule has 0 aliphatic carbocycles. The van der Waals surface area contributed by atoms with Crippen LogP contribution in [0.4, 0.5) is 0 Å². The number of benzene rings is 1. The van der Waals surface area contributed by atoms with Gasteiger partial charge in [-0.05, 0) is 37.1 Å². The van der Waals surface area contributed by atoms with Crippen molar-refractivity contribution in [2.75, 3.05) is 13.1 Å². The zero-order valence-electron chi connectivity index (χ0n) is 17.3. The van der Waals surface area contributed by atoms with Crippen molar-refractivity contribution in [3.63, 3.8) is 0 Å². The third-order valence-electron chi connectivity index (χ3n) is 5.57. The number of ether oxygens (including phenoxy) is 1. The number of rotatable bonds is 7. The monoisotopic (exact) mass is 459 g/mol. The zero-order chi connectivity index (χ0) is 22.6. The normalized spacial score (nSPS) is 22.1. The Morgan fingerprint density at radius 1 is 1.12 bits per heavy atom. The van der Waals surface area contributed by atoms with Crippen molar-refractivity contribution in [1.29, 1.82) is 0 Å². The van der Waals surface area contributed by atoms with Crippen molar-refractivity contribution in [2.45, 2.75) is 36.8 Å². The van der Waals surface area contributed by atoms with E-state index in [-0.39, 0.29) is 25.7 Å². The summed E-state index contributed by atoms with van der Waals surface area (Å²) in [5, 5.41) is 13.5. The minimum absolute atomic E-state index is 0.0849. The van der Waals surface area contributed by atoms with E-state index in [0.717, 1.165) is 5.75 Å². The van der Waals surface area contributed by atoms with Crippen molar-refractivity contribution in [3.8, 4) is 5.75 Å². The fraction of sp³-hybridized carbons (Fsp3) is 0.381. The van der Waals surface area contributed by atoms with E-state index in [9.17, 15) is 18.4 Å². The van der Waals surface area contributed by atoms with Gasteiger partial charge in [-0.3, -0.25) is 20.0 Å². The molecule has 4 rings (SSSR count). The number of hydrazone groups is 1. The maximum atomic E-state index is 13.4. The van der Waals surface area contributed by atoms with E-state index in [4.69, 9.17) is 4.74 Å². The summed E-state index contributed by atoms with van der Waals surface area (Å²) in [6.07, 6.45) is 3.84. The second-order valence-corrected chi connectivity index (χ2v) is 9.73. The summed E-state index contributed by atoms with van der Waals surface area (Å²) >= 11 is 0. The van der Waals surface area contributed by atoms with Crippen LogP contribution in [0.5, 0.6) is 5.75 Å². The van der Waals surface area contributed by atoms with Gasteiger partial charge >= 0.3 is 0 Å². The number of sulfonamides is 1. The highest BCUT2D eigenvalue weighted by Gasteiger charge is 2.47. The molecule has 2 atom stereocenters.